The highest BCUT2D eigenvalue weighted by molar-refractivity contribution is 5.98. The Kier molecular flexibility index (Phi) is 3.78. The molecule has 0 saturated carbocycles. The molecule has 2 N–H and O–H groups in total. The molecule has 0 saturated heterocycles. The van der Waals surface area contributed by atoms with Crippen molar-refractivity contribution in [1.82, 2.24) is 10.4 Å². The summed E-state index contributed by atoms with van der Waals surface area (Å²) < 4.78 is 0. The number of carbonyl (C=O) groups excluding carboxylic acids is 1. The van der Waals surface area contributed by atoms with Gasteiger partial charge in [-0.3, -0.25) is 9.78 Å². The molecule has 1 amide bonds. The molecule has 0 atom stereocenters. The van der Waals surface area contributed by atoms with Gasteiger partial charge in [-0.15, -0.1) is 0 Å². The number of hydrogen-bond donors (Lipinski definition) is 2. The number of aromatic nitrogens is 1. The summed E-state index contributed by atoms with van der Waals surface area (Å²) in [4.78, 5) is 15.7. The second-order valence-electron chi connectivity index (χ2n) is 4.67. The van der Waals surface area contributed by atoms with Crippen molar-refractivity contribution in [2.75, 3.05) is 0 Å². The van der Waals surface area contributed by atoms with Crippen LogP contribution in [-0.2, 0) is 0 Å². The Morgan fingerprint density at radius 1 is 1.14 bits per heavy atom. The topological polar surface area (TPSA) is 74.6 Å². The lowest BCUT2D eigenvalue weighted by atomic mass is 10.1. The highest BCUT2D eigenvalue weighted by Crippen LogP contribution is 2.27. The molecule has 3 aromatic rings. The van der Waals surface area contributed by atoms with Crippen LogP contribution in [-0.4, -0.2) is 22.2 Å². The fourth-order valence-electron chi connectivity index (χ4n) is 2.10. The number of hydrogen-bond acceptors (Lipinski definition) is 4. The van der Waals surface area contributed by atoms with E-state index in [-0.39, 0.29) is 11.7 Å². The van der Waals surface area contributed by atoms with Gasteiger partial charge in [0, 0.05) is 23.3 Å². The number of rotatable bonds is 3. The average Bonchev–Trinajstić information content (AvgIpc) is 2.58. The molecule has 1 heterocycles. The third-order valence-electron chi connectivity index (χ3n) is 3.23. The van der Waals surface area contributed by atoms with Crippen LogP contribution >= 0.6 is 0 Å². The smallest absolute Gasteiger partial charge is 0.272 e. The molecule has 0 aliphatic rings. The lowest BCUT2D eigenvalue weighted by molar-refractivity contribution is 0.0954. The number of fused-ring (bicyclic) bond motifs is 1. The van der Waals surface area contributed by atoms with Crippen LogP contribution in [0.2, 0.25) is 0 Å². The number of phenols is 1. The largest absolute Gasteiger partial charge is 0.507 e. The normalized spacial score (nSPS) is 10.9. The minimum Gasteiger partial charge on any atom is -0.507 e. The second kappa shape index (κ2) is 6.05. The van der Waals surface area contributed by atoms with Crippen molar-refractivity contribution in [3.05, 3.63) is 72.1 Å². The van der Waals surface area contributed by atoms with Gasteiger partial charge in [-0.1, -0.05) is 30.3 Å². The second-order valence-corrected chi connectivity index (χ2v) is 4.67. The molecular weight excluding hydrogens is 278 g/mol. The Morgan fingerprint density at radius 2 is 2.00 bits per heavy atom. The summed E-state index contributed by atoms with van der Waals surface area (Å²) in [7, 11) is 0. The van der Waals surface area contributed by atoms with E-state index in [9.17, 15) is 9.90 Å². The summed E-state index contributed by atoms with van der Waals surface area (Å²) in [6, 6.07) is 14.5. The Bertz CT molecular complexity index is 845. The van der Waals surface area contributed by atoms with Gasteiger partial charge in [0.2, 0.25) is 0 Å². The third-order valence-corrected chi connectivity index (χ3v) is 3.23. The summed E-state index contributed by atoms with van der Waals surface area (Å²) in [5.41, 5.74) is 3.35. The first-order valence-corrected chi connectivity index (χ1v) is 6.70. The van der Waals surface area contributed by atoms with Crippen LogP contribution in [0.5, 0.6) is 5.75 Å². The van der Waals surface area contributed by atoms with Crippen LogP contribution in [0.15, 0.2) is 66.0 Å². The number of aromatic hydroxyl groups is 1. The lowest BCUT2D eigenvalue weighted by Crippen LogP contribution is -2.17. The van der Waals surface area contributed by atoms with E-state index < -0.39 is 0 Å². The fraction of sp³-hybridized carbons (Fsp3) is 0. The van der Waals surface area contributed by atoms with Gasteiger partial charge in [0.15, 0.2) is 0 Å². The van der Waals surface area contributed by atoms with Gasteiger partial charge in [-0.25, -0.2) is 5.43 Å². The van der Waals surface area contributed by atoms with Crippen molar-refractivity contribution in [3.8, 4) is 5.75 Å². The molecule has 0 aliphatic carbocycles. The van der Waals surface area contributed by atoms with Crippen molar-refractivity contribution in [2.24, 2.45) is 5.10 Å². The number of pyridine rings is 1. The number of amides is 1. The molecular formula is C17H13N3O2. The van der Waals surface area contributed by atoms with Crippen LogP contribution < -0.4 is 5.43 Å². The molecule has 0 bridgehead atoms. The van der Waals surface area contributed by atoms with E-state index in [4.69, 9.17) is 0 Å². The van der Waals surface area contributed by atoms with E-state index in [1.54, 1.807) is 24.4 Å². The Morgan fingerprint density at radius 3 is 2.82 bits per heavy atom. The molecule has 2 aromatic carbocycles. The highest BCUT2D eigenvalue weighted by Gasteiger charge is 2.05. The highest BCUT2D eigenvalue weighted by atomic mass is 16.3. The summed E-state index contributed by atoms with van der Waals surface area (Å²) in [6.45, 7) is 0. The first-order valence-electron chi connectivity index (χ1n) is 6.70. The van der Waals surface area contributed by atoms with E-state index in [0.717, 1.165) is 10.8 Å². The minimum absolute atomic E-state index is 0.137. The summed E-state index contributed by atoms with van der Waals surface area (Å²) >= 11 is 0. The predicted octanol–water partition coefficient (Wildman–Crippen LogP) is 2.70. The quantitative estimate of drug-likeness (QED) is 0.575. The maximum atomic E-state index is 11.8. The molecule has 0 unspecified atom stereocenters. The Labute approximate surface area is 126 Å². The van der Waals surface area contributed by atoms with E-state index in [1.165, 1.54) is 12.4 Å². The molecule has 0 fully saturated rings. The van der Waals surface area contributed by atoms with Gasteiger partial charge < -0.3 is 5.11 Å². The average molecular weight is 291 g/mol. The van der Waals surface area contributed by atoms with Gasteiger partial charge in [-0.2, -0.15) is 5.10 Å². The minimum atomic E-state index is -0.357. The maximum Gasteiger partial charge on any atom is 0.272 e. The number of nitrogens with zero attached hydrogens (tertiary/aromatic N) is 2. The van der Waals surface area contributed by atoms with Crippen molar-refractivity contribution in [1.29, 1.82) is 0 Å². The monoisotopic (exact) mass is 291 g/mol. The van der Waals surface area contributed by atoms with Gasteiger partial charge >= 0.3 is 0 Å². The molecule has 5 heteroatoms. The predicted molar refractivity (Wildman–Crippen MR) is 84.9 cm³/mol. The molecule has 22 heavy (non-hydrogen) atoms. The fourth-order valence-corrected chi connectivity index (χ4v) is 2.10. The summed E-state index contributed by atoms with van der Waals surface area (Å²) in [5, 5.41) is 15.8. The zero-order valence-electron chi connectivity index (χ0n) is 11.6. The third kappa shape index (κ3) is 2.78. The van der Waals surface area contributed by atoms with Crippen molar-refractivity contribution < 1.29 is 9.90 Å². The number of benzene rings is 2. The van der Waals surface area contributed by atoms with Gasteiger partial charge in [0.25, 0.3) is 5.91 Å². The number of nitrogens with one attached hydrogen (secondary N) is 1. The SMILES string of the molecule is O=C(NN=Cc1ccc2ccccc2c1O)c1cccnc1. The standard InChI is InChI=1S/C17H13N3O2/c21-16-13(8-7-12-4-1-2-6-15(12)16)11-19-20-17(22)14-5-3-9-18-10-14/h1-11,21H,(H,20,22). The van der Waals surface area contributed by atoms with E-state index in [2.05, 4.69) is 15.5 Å². The molecule has 3 rings (SSSR count). The Balaban J connectivity index is 1.78. The zero-order chi connectivity index (χ0) is 15.4. The van der Waals surface area contributed by atoms with E-state index in [0.29, 0.717) is 11.1 Å². The van der Waals surface area contributed by atoms with Crippen LogP contribution in [0.1, 0.15) is 15.9 Å². The molecule has 5 nitrogen and oxygen atoms in total. The van der Waals surface area contributed by atoms with E-state index in [1.807, 2.05) is 30.3 Å². The summed E-state index contributed by atoms with van der Waals surface area (Å²) in [5.74, 6) is -0.220. The lowest BCUT2D eigenvalue weighted by Gasteiger charge is -2.04. The first-order chi connectivity index (χ1) is 10.8. The van der Waals surface area contributed by atoms with Gasteiger partial charge in [0.05, 0.1) is 11.8 Å². The van der Waals surface area contributed by atoms with Crippen molar-refractivity contribution in [3.63, 3.8) is 0 Å². The summed E-state index contributed by atoms with van der Waals surface area (Å²) in [6.07, 6.45) is 4.46. The number of carbonyl (C=O) groups is 1. The zero-order valence-corrected chi connectivity index (χ0v) is 11.6. The maximum absolute atomic E-state index is 11.8. The van der Waals surface area contributed by atoms with Crippen molar-refractivity contribution >= 4 is 22.9 Å². The van der Waals surface area contributed by atoms with Gasteiger partial charge in [0.1, 0.15) is 5.75 Å². The van der Waals surface area contributed by atoms with Gasteiger partial charge in [-0.05, 0) is 23.6 Å². The molecule has 0 spiro atoms. The van der Waals surface area contributed by atoms with Crippen LogP contribution in [0.25, 0.3) is 10.8 Å². The molecule has 0 aliphatic heterocycles. The van der Waals surface area contributed by atoms with E-state index >= 15 is 0 Å². The van der Waals surface area contributed by atoms with Crippen LogP contribution in [0.3, 0.4) is 0 Å². The first kappa shape index (κ1) is 13.8. The number of phenolic OH excluding ortho intramolecular Hbond substituents is 1. The number of hydrazone groups is 1. The van der Waals surface area contributed by atoms with Crippen molar-refractivity contribution in [2.45, 2.75) is 0 Å². The van der Waals surface area contributed by atoms with Crippen LogP contribution in [0.4, 0.5) is 0 Å². The van der Waals surface area contributed by atoms with Crippen LogP contribution in [0, 0.1) is 0 Å². The molecule has 108 valence electrons. The molecule has 0 radical (unpaired) electrons. The molecule has 1 aromatic heterocycles. The Hall–Kier alpha value is -3.21.